The Morgan fingerprint density at radius 2 is 1.04 bits per heavy atom. The van der Waals surface area contributed by atoms with E-state index in [1.165, 1.54) is 38.8 Å². The standard InChI is InChI=1S/C65H73N4O.Pt/c1-60(2,3)43-23-27-55-54(36-43)53-26-25-51(40-57(53)69(55)59-38-44(29-30-66-59)61(4,5)6)70-52-35-48(64(13,14)15)34-50(39-52)68-41-67(49-32-46(62(7,8)9)31-47(33-49)63(10,11)12)56-28-24-45(37-58(56)68)65(16,17)42-21-19-18-20-22-42;/h18-38,41H,1-17H3;/q-3;. The molecule has 8 aromatic rings. The summed E-state index contributed by atoms with van der Waals surface area (Å²) in [7, 11) is 0. The van der Waals surface area contributed by atoms with Crippen LogP contribution in [-0.2, 0) is 53.6 Å². The van der Waals surface area contributed by atoms with Gasteiger partial charge in [0.25, 0.3) is 0 Å². The normalized spacial score (nSPS) is 13.8. The summed E-state index contributed by atoms with van der Waals surface area (Å²) in [6.45, 7) is 41.0. The Bertz CT molecular complexity index is 3240. The van der Waals surface area contributed by atoms with E-state index in [2.05, 4.69) is 272 Å². The van der Waals surface area contributed by atoms with Crippen LogP contribution in [-0.4, -0.2) is 9.55 Å². The molecule has 2 aromatic heterocycles. The molecule has 0 spiro atoms. The summed E-state index contributed by atoms with van der Waals surface area (Å²) < 4.78 is 9.26. The molecule has 0 radical (unpaired) electrons. The molecule has 0 aliphatic carbocycles. The van der Waals surface area contributed by atoms with Crippen LogP contribution in [0, 0.1) is 18.8 Å². The number of hydrogen-bond acceptors (Lipinski definition) is 4. The van der Waals surface area contributed by atoms with Gasteiger partial charge in [-0.1, -0.05) is 178 Å². The number of nitrogens with zero attached hydrogens (tertiary/aromatic N) is 4. The number of fused-ring (bicyclic) bond motifs is 4. The maximum atomic E-state index is 7.01. The zero-order valence-corrected chi connectivity index (χ0v) is 47.5. The zero-order valence-electron chi connectivity index (χ0n) is 45.2. The smallest absolute Gasteiger partial charge is 0.135 e. The molecule has 0 unspecified atom stereocenters. The van der Waals surface area contributed by atoms with Crippen LogP contribution in [0.25, 0.3) is 27.6 Å². The van der Waals surface area contributed by atoms with Gasteiger partial charge in [0.15, 0.2) is 0 Å². The van der Waals surface area contributed by atoms with Crippen molar-refractivity contribution in [2.45, 2.75) is 150 Å². The minimum absolute atomic E-state index is 0. The number of anilines is 4. The molecule has 71 heavy (non-hydrogen) atoms. The van der Waals surface area contributed by atoms with Crippen LogP contribution in [0.4, 0.5) is 22.7 Å². The third-order valence-corrected chi connectivity index (χ3v) is 14.4. The van der Waals surface area contributed by atoms with Gasteiger partial charge in [-0.15, -0.1) is 53.6 Å². The number of rotatable bonds is 7. The summed E-state index contributed by atoms with van der Waals surface area (Å²) in [6, 6.07) is 52.3. The van der Waals surface area contributed by atoms with Crippen molar-refractivity contribution in [1.29, 1.82) is 0 Å². The average molecular weight is 1120 g/mol. The fourth-order valence-electron chi connectivity index (χ4n) is 9.54. The Balaban J connectivity index is 0.00000676. The van der Waals surface area contributed by atoms with Gasteiger partial charge in [-0.2, -0.15) is 6.07 Å². The molecule has 0 saturated carbocycles. The van der Waals surface area contributed by atoms with E-state index in [1.54, 1.807) is 0 Å². The molecule has 0 bridgehead atoms. The molecule has 0 amide bonds. The van der Waals surface area contributed by atoms with Crippen molar-refractivity contribution < 1.29 is 25.8 Å². The van der Waals surface area contributed by atoms with Crippen LogP contribution in [0.3, 0.4) is 0 Å². The second-order valence-corrected chi connectivity index (χ2v) is 25.3. The Morgan fingerprint density at radius 3 is 1.66 bits per heavy atom. The molecule has 0 fully saturated rings. The van der Waals surface area contributed by atoms with Crippen LogP contribution in [0.2, 0.25) is 0 Å². The molecule has 6 aromatic carbocycles. The predicted octanol–water partition coefficient (Wildman–Crippen LogP) is 17.8. The maximum absolute atomic E-state index is 7.01. The van der Waals surface area contributed by atoms with Gasteiger partial charge < -0.3 is 19.1 Å². The molecule has 0 atom stereocenters. The molecule has 1 aliphatic rings. The van der Waals surface area contributed by atoms with E-state index in [4.69, 9.17) is 9.72 Å². The molecule has 5 nitrogen and oxygen atoms in total. The maximum Gasteiger partial charge on any atom is 0.135 e. The second-order valence-electron chi connectivity index (χ2n) is 25.3. The fraction of sp³-hybridized carbons (Fsp3) is 0.354. The molecule has 0 saturated heterocycles. The summed E-state index contributed by atoms with van der Waals surface area (Å²) in [5.74, 6) is 2.10. The number of hydrogen-bond donors (Lipinski definition) is 0. The largest absolute Gasteiger partial charge is 0.509 e. The number of ether oxygens (including phenoxy) is 1. The quantitative estimate of drug-likeness (QED) is 0.149. The van der Waals surface area contributed by atoms with Gasteiger partial charge in [0.2, 0.25) is 0 Å². The van der Waals surface area contributed by atoms with E-state index in [9.17, 15) is 0 Å². The van der Waals surface area contributed by atoms with Crippen LogP contribution >= 0.6 is 0 Å². The summed E-state index contributed by atoms with van der Waals surface area (Å²) in [5.41, 5.74) is 14.4. The van der Waals surface area contributed by atoms with Crippen molar-refractivity contribution in [2.24, 2.45) is 0 Å². The van der Waals surface area contributed by atoms with Gasteiger partial charge in [-0.25, -0.2) is 4.98 Å². The second kappa shape index (κ2) is 18.1. The van der Waals surface area contributed by atoms with Crippen molar-refractivity contribution in [2.75, 3.05) is 9.80 Å². The predicted molar refractivity (Wildman–Crippen MR) is 296 cm³/mol. The molecular weight excluding hydrogens is 1050 g/mol. The molecule has 1 aliphatic heterocycles. The first-order chi connectivity index (χ1) is 32.6. The molecule has 3 heterocycles. The van der Waals surface area contributed by atoms with Crippen molar-refractivity contribution in [3.05, 3.63) is 185 Å². The van der Waals surface area contributed by atoms with E-state index in [1.807, 2.05) is 6.20 Å². The Hall–Kier alpha value is -5.64. The fourth-order valence-corrected chi connectivity index (χ4v) is 9.54. The van der Waals surface area contributed by atoms with Gasteiger partial charge in [0.1, 0.15) is 5.82 Å². The molecule has 0 N–H and O–H groups in total. The van der Waals surface area contributed by atoms with Gasteiger partial charge >= 0.3 is 0 Å². The SMILES string of the molecule is CC(C)(C)c1cc(Oc2[c-]c3c(cc2)c2cc(C(C)(C)C)ccc2n3-c2cc(C(C)(C)C)ccn2)[c-]c(N2[CH-]N(c3cc(C(C)(C)C)cc(C(C)(C)C)c3)c3ccc(C(C)(C)c4ccccc4)cc32)c1.[Pt]. The summed E-state index contributed by atoms with van der Waals surface area (Å²) in [4.78, 5) is 9.66. The minimum Gasteiger partial charge on any atom is -0.509 e. The van der Waals surface area contributed by atoms with E-state index >= 15 is 0 Å². The Kier molecular flexibility index (Phi) is 13.2. The van der Waals surface area contributed by atoms with Crippen LogP contribution < -0.4 is 14.5 Å². The molecule has 372 valence electrons. The number of pyridine rings is 1. The molecular formula is C65H73N4OPt-3. The number of aromatic nitrogens is 2. The van der Waals surface area contributed by atoms with Crippen molar-refractivity contribution in [3.8, 4) is 17.3 Å². The zero-order chi connectivity index (χ0) is 50.5. The average Bonchev–Trinajstić information content (AvgIpc) is 3.83. The van der Waals surface area contributed by atoms with Crippen LogP contribution in [0.1, 0.15) is 157 Å². The van der Waals surface area contributed by atoms with E-state index < -0.39 is 0 Å². The monoisotopic (exact) mass is 1120 g/mol. The Morgan fingerprint density at radius 1 is 0.451 bits per heavy atom. The first-order valence-corrected chi connectivity index (χ1v) is 25.1. The van der Waals surface area contributed by atoms with Crippen molar-refractivity contribution in [1.82, 2.24) is 9.55 Å². The van der Waals surface area contributed by atoms with Crippen LogP contribution in [0.5, 0.6) is 11.5 Å². The van der Waals surface area contributed by atoms with Crippen molar-refractivity contribution in [3.63, 3.8) is 0 Å². The molecule has 9 rings (SSSR count). The van der Waals surface area contributed by atoms with Gasteiger partial charge in [-0.05, 0) is 108 Å². The Labute approximate surface area is 439 Å². The third-order valence-electron chi connectivity index (χ3n) is 14.4. The van der Waals surface area contributed by atoms with Crippen molar-refractivity contribution >= 4 is 44.6 Å². The molecule has 6 heteroatoms. The van der Waals surface area contributed by atoms with E-state index in [0.717, 1.165) is 50.6 Å². The van der Waals surface area contributed by atoms with Gasteiger partial charge in [-0.3, -0.25) is 0 Å². The summed E-state index contributed by atoms with van der Waals surface area (Å²) in [5, 5.41) is 2.27. The third kappa shape index (κ3) is 10.1. The first-order valence-electron chi connectivity index (χ1n) is 25.1. The minimum atomic E-state index is -0.249. The summed E-state index contributed by atoms with van der Waals surface area (Å²) >= 11 is 0. The summed E-state index contributed by atoms with van der Waals surface area (Å²) in [6.07, 6.45) is 1.93. The number of benzene rings is 6. The van der Waals surface area contributed by atoms with E-state index in [-0.39, 0.29) is 53.6 Å². The van der Waals surface area contributed by atoms with E-state index in [0.29, 0.717) is 11.5 Å². The van der Waals surface area contributed by atoms with Crippen LogP contribution in [0.15, 0.2) is 128 Å². The van der Waals surface area contributed by atoms with Gasteiger partial charge in [0.05, 0.1) is 0 Å². The topological polar surface area (TPSA) is 33.5 Å². The van der Waals surface area contributed by atoms with Gasteiger partial charge in [0, 0.05) is 66.8 Å². The first kappa shape index (κ1) is 51.7.